The van der Waals surface area contributed by atoms with Crippen LogP contribution in [0.25, 0.3) is 0 Å². The summed E-state index contributed by atoms with van der Waals surface area (Å²) in [6, 6.07) is 16.2. The van der Waals surface area contributed by atoms with E-state index in [9.17, 15) is 9.59 Å². The molecule has 0 aliphatic carbocycles. The highest BCUT2D eigenvalue weighted by molar-refractivity contribution is 8.00. The molecule has 122 valence electrons. The molecule has 6 heteroatoms. The van der Waals surface area contributed by atoms with Crippen molar-refractivity contribution < 1.29 is 9.59 Å². The van der Waals surface area contributed by atoms with Gasteiger partial charge in [-0.1, -0.05) is 12.1 Å². The Morgan fingerprint density at radius 3 is 2.38 bits per heavy atom. The van der Waals surface area contributed by atoms with E-state index < -0.39 is 0 Å². The summed E-state index contributed by atoms with van der Waals surface area (Å²) in [7, 11) is 0. The highest BCUT2D eigenvalue weighted by Crippen LogP contribution is 2.26. The van der Waals surface area contributed by atoms with Crippen LogP contribution in [0.3, 0.4) is 0 Å². The molecule has 0 saturated carbocycles. The quantitative estimate of drug-likeness (QED) is 0.815. The van der Waals surface area contributed by atoms with Gasteiger partial charge in [0.05, 0.1) is 16.5 Å². The van der Waals surface area contributed by atoms with Crippen molar-refractivity contribution in [1.29, 1.82) is 5.26 Å². The zero-order valence-electron chi connectivity index (χ0n) is 13.4. The van der Waals surface area contributed by atoms with Crippen molar-refractivity contribution in [3.05, 3.63) is 54.1 Å². The summed E-state index contributed by atoms with van der Waals surface area (Å²) < 4.78 is 0. The Labute approximate surface area is 145 Å². The zero-order chi connectivity index (χ0) is 17.5. The molecule has 1 atom stereocenters. The fourth-order valence-corrected chi connectivity index (χ4v) is 2.87. The largest absolute Gasteiger partial charge is 0.326 e. The minimum absolute atomic E-state index is 0.126. The van der Waals surface area contributed by atoms with Gasteiger partial charge in [0.1, 0.15) is 6.07 Å². The van der Waals surface area contributed by atoms with Gasteiger partial charge in [0, 0.05) is 17.5 Å². The number of anilines is 2. The fourth-order valence-electron chi connectivity index (χ4n) is 2.00. The molecule has 24 heavy (non-hydrogen) atoms. The Morgan fingerprint density at radius 1 is 1.08 bits per heavy atom. The van der Waals surface area contributed by atoms with Crippen LogP contribution >= 0.6 is 11.8 Å². The number of benzene rings is 2. The van der Waals surface area contributed by atoms with Gasteiger partial charge in [0.25, 0.3) is 0 Å². The van der Waals surface area contributed by atoms with Gasteiger partial charge in [-0.25, -0.2) is 0 Å². The van der Waals surface area contributed by atoms with Crippen LogP contribution < -0.4 is 10.6 Å². The Bertz CT molecular complexity index is 782. The first-order valence-corrected chi connectivity index (χ1v) is 8.22. The predicted octanol–water partition coefficient (Wildman–Crippen LogP) is 3.64. The number of rotatable bonds is 5. The number of nitrogens with one attached hydrogen (secondary N) is 2. The average Bonchev–Trinajstić information content (AvgIpc) is 2.56. The van der Waals surface area contributed by atoms with Crippen LogP contribution in [0.1, 0.15) is 19.4 Å². The summed E-state index contributed by atoms with van der Waals surface area (Å²) in [5.41, 5.74) is 1.66. The minimum atomic E-state index is -0.330. The number of carbonyl (C=O) groups excluding carboxylic acids is 2. The Balaban J connectivity index is 1.99. The molecular formula is C18H17N3O2S. The van der Waals surface area contributed by atoms with Crippen LogP contribution in [-0.4, -0.2) is 17.1 Å². The first-order chi connectivity index (χ1) is 11.5. The van der Waals surface area contributed by atoms with E-state index in [1.54, 1.807) is 43.3 Å². The van der Waals surface area contributed by atoms with Gasteiger partial charge in [-0.3, -0.25) is 9.59 Å². The number of nitrogens with zero attached hydrogens (tertiary/aromatic N) is 1. The van der Waals surface area contributed by atoms with E-state index in [2.05, 4.69) is 16.7 Å². The van der Waals surface area contributed by atoms with Crippen LogP contribution in [-0.2, 0) is 9.59 Å². The number of amides is 2. The lowest BCUT2D eigenvalue weighted by atomic mass is 10.2. The molecule has 0 bridgehead atoms. The molecule has 5 nitrogen and oxygen atoms in total. The van der Waals surface area contributed by atoms with Gasteiger partial charge in [-0.05, 0) is 43.3 Å². The maximum atomic E-state index is 12.3. The standard InChI is InChI=1S/C18H17N3O2S/c1-12(18(23)21-17-6-4-3-5-14(17)11-19)24-16-9-7-15(8-10-16)20-13(2)22/h3-10,12H,1-2H3,(H,20,22)(H,21,23)/t12-/m0/s1. The van der Waals surface area contributed by atoms with E-state index in [-0.39, 0.29) is 17.1 Å². The Kier molecular flexibility index (Phi) is 5.99. The minimum Gasteiger partial charge on any atom is -0.326 e. The lowest BCUT2D eigenvalue weighted by molar-refractivity contribution is -0.115. The molecule has 0 aromatic heterocycles. The number of para-hydroxylation sites is 1. The second-order valence-corrected chi connectivity index (χ2v) is 6.53. The van der Waals surface area contributed by atoms with Gasteiger partial charge >= 0.3 is 0 Å². The molecule has 0 aliphatic heterocycles. The number of thioether (sulfide) groups is 1. The average molecular weight is 339 g/mol. The molecular weight excluding hydrogens is 322 g/mol. The molecule has 2 rings (SSSR count). The van der Waals surface area contributed by atoms with Gasteiger partial charge in [-0.2, -0.15) is 5.26 Å². The lowest BCUT2D eigenvalue weighted by Gasteiger charge is -2.13. The molecule has 2 aromatic carbocycles. The lowest BCUT2D eigenvalue weighted by Crippen LogP contribution is -2.22. The van der Waals surface area contributed by atoms with Crippen molar-refractivity contribution >= 4 is 35.0 Å². The third-order valence-corrected chi connectivity index (χ3v) is 4.27. The molecule has 0 aliphatic rings. The number of hydrogen-bond acceptors (Lipinski definition) is 4. The maximum Gasteiger partial charge on any atom is 0.237 e. The third-order valence-electron chi connectivity index (χ3n) is 3.16. The van der Waals surface area contributed by atoms with E-state index in [1.165, 1.54) is 18.7 Å². The molecule has 0 heterocycles. The predicted molar refractivity (Wildman–Crippen MR) is 95.9 cm³/mol. The van der Waals surface area contributed by atoms with Crippen LogP contribution in [0.2, 0.25) is 0 Å². The summed E-state index contributed by atoms with van der Waals surface area (Å²) in [5, 5.41) is 14.2. The topological polar surface area (TPSA) is 82.0 Å². The summed E-state index contributed by atoms with van der Waals surface area (Å²) in [5.74, 6) is -0.298. The van der Waals surface area contributed by atoms with Crippen LogP contribution in [0.5, 0.6) is 0 Å². The van der Waals surface area contributed by atoms with Crippen molar-refractivity contribution in [2.24, 2.45) is 0 Å². The van der Waals surface area contributed by atoms with Gasteiger partial charge in [0.2, 0.25) is 11.8 Å². The zero-order valence-corrected chi connectivity index (χ0v) is 14.2. The van der Waals surface area contributed by atoms with Gasteiger partial charge in [0.15, 0.2) is 0 Å². The molecule has 2 N–H and O–H groups in total. The molecule has 0 saturated heterocycles. The third kappa shape index (κ3) is 4.86. The number of carbonyl (C=O) groups is 2. The summed E-state index contributed by atoms with van der Waals surface area (Å²) >= 11 is 1.40. The fraction of sp³-hybridized carbons (Fsp3) is 0.167. The summed E-state index contributed by atoms with van der Waals surface area (Å²) in [4.78, 5) is 24.2. The van der Waals surface area contributed by atoms with Crippen molar-refractivity contribution in [1.82, 2.24) is 0 Å². The van der Waals surface area contributed by atoms with E-state index >= 15 is 0 Å². The van der Waals surface area contributed by atoms with Crippen LogP contribution in [0, 0.1) is 11.3 Å². The monoisotopic (exact) mass is 339 g/mol. The first kappa shape index (κ1) is 17.6. The first-order valence-electron chi connectivity index (χ1n) is 7.34. The highest BCUT2D eigenvalue weighted by Gasteiger charge is 2.16. The van der Waals surface area contributed by atoms with Crippen LogP contribution in [0.4, 0.5) is 11.4 Å². The highest BCUT2D eigenvalue weighted by atomic mass is 32.2. The number of hydrogen-bond donors (Lipinski definition) is 2. The van der Waals surface area contributed by atoms with Crippen molar-refractivity contribution in [2.45, 2.75) is 24.0 Å². The molecule has 2 amide bonds. The van der Waals surface area contributed by atoms with E-state index in [0.717, 1.165) is 4.90 Å². The second kappa shape index (κ2) is 8.18. The molecule has 0 radical (unpaired) electrons. The van der Waals surface area contributed by atoms with Crippen molar-refractivity contribution in [3.8, 4) is 6.07 Å². The molecule has 0 spiro atoms. The van der Waals surface area contributed by atoms with Gasteiger partial charge in [-0.15, -0.1) is 11.8 Å². The van der Waals surface area contributed by atoms with Crippen molar-refractivity contribution in [3.63, 3.8) is 0 Å². The number of nitriles is 1. The summed E-state index contributed by atoms with van der Waals surface area (Å²) in [6.07, 6.45) is 0. The SMILES string of the molecule is CC(=O)Nc1ccc(S[C@@H](C)C(=O)Nc2ccccc2C#N)cc1. The van der Waals surface area contributed by atoms with Crippen molar-refractivity contribution in [2.75, 3.05) is 10.6 Å². The normalized spacial score (nSPS) is 11.2. The molecule has 0 fully saturated rings. The second-order valence-electron chi connectivity index (χ2n) is 5.11. The Morgan fingerprint density at radius 2 is 1.75 bits per heavy atom. The maximum absolute atomic E-state index is 12.3. The molecule has 0 unspecified atom stereocenters. The van der Waals surface area contributed by atoms with E-state index in [0.29, 0.717) is 16.9 Å². The van der Waals surface area contributed by atoms with Crippen LogP contribution in [0.15, 0.2) is 53.4 Å². The smallest absolute Gasteiger partial charge is 0.237 e. The van der Waals surface area contributed by atoms with E-state index in [1.807, 2.05) is 12.1 Å². The van der Waals surface area contributed by atoms with E-state index in [4.69, 9.17) is 5.26 Å². The summed E-state index contributed by atoms with van der Waals surface area (Å²) in [6.45, 7) is 3.25. The van der Waals surface area contributed by atoms with Gasteiger partial charge < -0.3 is 10.6 Å². The Hall–Kier alpha value is -2.78. The molecule has 2 aromatic rings.